The predicted molar refractivity (Wildman–Crippen MR) is 77.8 cm³/mol. The van der Waals surface area contributed by atoms with Gasteiger partial charge in [0.2, 0.25) is 0 Å². The predicted octanol–water partition coefficient (Wildman–Crippen LogP) is 4.34. The van der Waals surface area contributed by atoms with Crippen LogP contribution in [0.3, 0.4) is 0 Å². The summed E-state index contributed by atoms with van der Waals surface area (Å²) < 4.78 is 0. The number of benzene rings is 2. The van der Waals surface area contributed by atoms with Gasteiger partial charge in [-0.15, -0.1) is 0 Å². The van der Waals surface area contributed by atoms with Gasteiger partial charge in [0.15, 0.2) is 0 Å². The topological polar surface area (TPSA) is 26.0 Å². The van der Waals surface area contributed by atoms with Crippen molar-refractivity contribution in [1.29, 1.82) is 0 Å². The maximum absolute atomic E-state index is 6.66. The second kappa shape index (κ2) is 5.55. The summed E-state index contributed by atoms with van der Waals surface area (Å²) in [4.78, 5) is 0. The van der Waals surface area contributed by atoms with E-state index in [-0.39, 0.29) is 0 Å². The fraction of sp³-hybridized carbons (Fsp3) is 0.250. The molecule has 0 aliphatic carbocycles. The van der Waals surface area contributed by atoms with Gasteiger partial charge in [-0.3, -0.25) is 0 Å². The average molecular weight is 260 g/mol. The molecular formula is C16H18ClN. The Kier molecular flexibility index (Phi) is 4.05. The highest BCUT2D eigenvalue weighted by atomic mass is 35.5. The molecule has 0 bridgehead atoms. The van der Waals surface area contributed by atoms with Crippen LogP contribution >= 0.6 is 11.6 Å². The zero-order chi connectivity index (χ0) is 13.0. The Morgan fingerprint density at radius 3 is 2.28 bits per heavy atom. The lowest BCUT2D eigenvalue weighted by molar-refractivity contribution is 0.485. The molecule has 0 aliphatic rings. The zero-order valence-corrected chi connectivity index (χ0v) is 11.3. The van der Waals surface area contributed by atoms with Crippen LogP contribution in [0.15, 0.2) is 54.6 Å². The van der Waals surface area contributed by atoms with Crippen molar-refractivity contribution in [3.8, 4) is 0 Å². The fourth-order valence-electron chi connectivity index (χ4n) is 2.35. The highest BCUT2D eigenvalue weighted by Crippen LogP contribution is 2.32. The van der Waals surface area contributed by atoms with E-state index >= 15 is 0 Å². The van der Waals surface area contributed by atoms with Gasteiger partial charge in [0.1, 0.15) is 0 Å². The Bertz CT molecular complexity index is 510. The number of hydrogen-bond donors (Lipinski definition) is 1. The van der Waals surface area contributed by atoms with E-state index in [0.717, 1.165) is 29.0 Å². The van der Waals surface area contributed by atoms with Crippen LogP contribution in [0.2, 0.25) is 5.02 Å². The summed E-state index contributed by atoms with van der Waals surface area (Å²) in [5.74, 6) is 0. The summed E-state index contributed by atoms with van der Waals surface area (Å²) in [6.45, 7) is 2.15. The molecule has 2 N–H and O–H groups in total. The minimum Gasteiger partial charge on any atom is -0.318 e. The molecule has 0 saturated carbocycles. The van der Waals surface area contributed by atoms with E-state index in [9.17, 15) is 0 Å². The molecular weight excluding hydrogens is 242 g/mol. The second-order valence-electron chi connectivity index (χ2n) is 4.60. The Balaban J connectivity index is 2.50. The lowest BCUT2D eigenvalue weighted by Crippen LogP contribution is -2.37. The van der Waals surface area contributed by atoms with Gasteiger partial charge in [-0.05, 0) is 29.7 Å². The van der Waals surface area contributed by atoms with Gasteiger partial charge in [0.25, 0.3) is 0 Å². The minimum absolute atomic E-state index is 0.457. The van der Waals surface area contributed by atoms with E-state index in [1.54, 1.807) is 0 Å². The van der Waals surface area contributed by atoms with E-state index in [0.29, 0.717) is 0 Å². The molecule has 1 unspecified atom stereocenters. The van der Waals surface area contributed by atoms with Crippen molar-refractivity contribution in [2.75, 3.05) is 0 Å². The van der Waals surface area contributed by atoms with Crippen LogP contribution in [0.5, 0.6) is 0 Å². The van der Waals surface area contributed by atoms with Crippen molar-refractivity contribution in [2.24, 2.45) is 5.73 Å². The molecule has 1 nitrogen and oxygen atoms in total. The molecule has 0 amide bonds. The van der Waals surface area contributed by atoms with E-state index in [1.807, 2.05) is 36.4 Å². The van der Waals surface area contributed by atoms with Gasteiger partial charge in [-0.1, -0.05) is 67.4 Å². The lowest BCUT2D eigenvalue weighted by Gasteiger charge is -2.30. The summed E-state index contributed by atoms with van der Waals surface area (Å²) in [6, 6.07) is 18.1. The molecule has 0 spiro atoms. The average Bonchev–Trinajstić information content (AvgIpc) is 2.40. The first-order valence-corrected chi connectivity index (χ1v) is 6.65. The smallest absolute Gasteiger partial charge is 0.0666 e. The highest BCUT2D eigenvalue weighted by Gasteiger charge is 2.28. The maximum Gasteiger partial charge on any atom is 0.0666 e. The van der Waals surface area contributed by atoms with Gasteiger partial charge in [0, 0.05) is 5.02 Å². The molecule has 2 aromatic rings. The SMILES string of the molecule is CCCC(N)(c1ccccc1)c1cccc(Cl)c1. The van der Waals surface area contributed by atoms with E-state index in [1.165, 1.54) is 0 Å². The molecule has 2 aromatic carbocycles. The van der Waals surface area contributed by atoms with E-state index in [4.69, 9.17) is 17.3 Å². The molecule has 2 heteroatoms. The molecule has 1 atom stereocenters. The third-order valence-electron chi connectivity index (χ3n) is 3.27. The van der Waals surface area contributed by atoms with Crippen molar-refractivity contribution in [3.63, 3.8) is 0 Å². The number of nitrogens with two attached hydrogens (primary N) is 1. The van der Waals surface area contributed by atoms with Crippen LogP contribution in [-0.2, 0) is 5.54 Å². The molecule has 94 valence electrons. The van der Waals surface area contributed by atoms with Gasteiger partial charge in [-0.2, -0.15) is 0 Å². The molecule has 0 aromatic heterocycles. The summed E-state index contributed by atoms with van der Waals surface area (Å²) in [5.41, 5.74) is 8.41. The number of rotatable bonds is 4. The first-order valence-electron chi connectivity index (χ1n) is 6.27. The molecule has 0 saturated heterocycles. The quantitative estimate of drug-likeness (QED) is 0.868. The summed E-state index contributed by atoms with van der Waals surface area (Å²) in [6.07, 6.45) is 1.93. The van der Waals surface area contributed by atoms with Gasteiger partial charge < -0.3 is 5.73 Å². The van der Waals surface area contributed by atoms with Crippen LogP contribution in [-0.4, -0.2) is 0 Å². The molecule has 2 rings (SSSR count). The van der Waals surface area contributed by atoms with Crippen LogP contribution < -0.4 is 5.73 Å². The second-order valence-corrected chi connectivity index (χ2v) is 5.03. The third kappa shape index (κ3) is 2.58. The standard InChI is InChI=1S/C16H18ClN/c1-2-11-16(18,13-7-4-3-5-8-13)14-9-6-10-15(17)12-14/h3-10,12H,2,11,18H2,1H3. The lowest BCUT2D eigenvalue weighted by atomic mass is 9.80. The van der Waals surface area contributed by atoms with Gasteiger partial charge >= 0.3 is 0 Å². The number of halogens is 1. The minimum atomic E-state index is -0.457. The monoisotopic (exact) mass is 259 g/mol. The van der Waals surface area contributed by atoms with Crippen LogP contribution in [0.4, 0.5) is 0 Å². The van der Waals surface area contributed by atoms with Crippen molar-refractivity contribution in [3.05, 3.63) is 70.7 Å². The Hall–Kier alpha value is -1.31. The molecule has 0 heterocycles. The van der Waals surface area contributed by atoms with Crippen molar-refractivity contribution in [1.82, 2.24) is 0 Å². The van der Waals surface area contributed by atoms with E-state index < -0.39 is 5.54 Å². The van der Waals surface area contributed by atoms with Crippen molar-refractivity contribution >= 4 is 11.6 Å². The normalized spacial score (nSPS) is 14.2. The Morgan fingerprint density at radius 2 is 1.67 bits per heavy atom. The van der Waals surface area contributed by atoms with Crippen LogP contribution in [0.1, 0.15) is 30.9 Å². The van der Waals surface area contributed by atoms with Crippen LogP contribution in [0, 0.1) is 0 Å². The maximum atomic E-state index is 6.66. The van der Waals surface area contributed by atoms with E-state index in [2.05, 4.69) is 25.1 Å². The Morgan fingerprint density at radius 1 is 1.00 bits per heavy atom. The largest absolute Gasteiger partial charge is 0.318 e. The summed E-state index contributed by atoms with van der Waals surface area (Å²) in [7, 11) is 0. The molecule has 0 radical (unpaired) electrons. The van der Waals surface area contributed by atoms with Gasteiger partial charge in [-0.25, -0.2) is 0 Å². The first kappa shape index (κ1) is 13.1. The number of hydrogen-bond acceptors (Lipinski definition) is 1. The zero-order valence-electron chi connectivity index (χ0n) is 10.6. The molecule has 0 fully saturated rings. The first-order chi connectivity index (χ1) is 8.66. The summed E-state index contributed by atoms with van der Waals surface area (Å²) >= 11 is 6.08. The fourth-order valence-corrected chi connectivity index (χ4v) is 2.54. The van der Waals surface area contributed by atoms with Crippen LogP contribution in [0.25, 0.3) is 0 Å². The molecule has 18 heavy (non-hydrogen) atoms. The summed E-state index contributed by atoms with van der Waals surface area (Å²) in [5, 5.41) is 0.731. The van der Waals surface area contributed by atoms with Gasteiger partial charge in [0.05, 0.1) is 5.54 Å². The van der Waals surface area contributed by atoms with Crippen molar-refractivity contribution < 1.29 is 0 Å². The molecule has 0 aliphatic heterocycles. The highest BCUT2D eigenvalue weighted by molar-refractivity contribution is 6.30. The Labute approximate surface area is 114 Å². The van der Waals surface area contributed by atoms with Crippen molar-refractivity contribution in [2.45, 2.75) is 25.3 Å². The third-order valence-corrected chi connectivity index (χ3v) is 3.51.